The highest BCUT2D eigenvalue weighted by Gasteiger charge is 2.04. The van der Waals surface area contributed by atoms with E-state index >= 15 is 0 Å². The van der Waals surface area contributed by atoms with Crippen LogP contribution in [0.15, 0.2) is 40.9 Å². The molecule has 0 atom stereocenters. The van der Waals surface area contributed by atoms with Gasteiger partial charge in [-0.25, -0.2) is 0 Å². The minimum absolute atomic E-state index is 1.15. The summed E-state index contributed by atoms with van der Waals surface area (Å²) in [6, 6.07) is 13.1. The zero-order valence-corrected chi connectivity index (χ0v) is 12.2. The monoisotopic (exact) mass is 388 g/mol. The van der Waals surface area contributed by atoms with Crippen molar-refractivity contribution in [2.45, 2.75) is 0 Å². The van der Waals surface area contributed by atoms with E-state index in [9.17, 15) is 0 Å². The molecule has 2 aromatic carbocycles. The van der Waals surface area contributed by atoms with Crippen molar-refractivity contribution in [2.24, 2.45) is 0 Å². The molecule has 0 bridgehead atoms. The summed E-state index contributed by atoms with van der Waals surface area (Å²) >= 11 is 7.72. The van der Waals surface area contributed by atoms with E-state index in [1.807, 2.05) is 11.3 Å². The number of hydrogen-bond acceptors (Lipinski definition) is 1. The van der Waals surface area contributed by atoms with Crippen LogP contribution in [0.3, 0.4) is 0 Å². The number of fused-ring (bicyclic) bond motifs is 3. The molecule has 0 aliphatic heterocycles. The summed E-state index contributed by atoms with van der Waals surface area (Å²) in [7, 11) is 0. The van der Waals surface area contributed by atoms with Gasteiger partial charge in [0.2, 0.25) is 0 Å². The highest BCUT2D eigenvalue weighted by molar-refractivity contribution is 14.1. The molecule has 1 heterocycles. The number of thiophene rings is 1. The van der Waals surface area contributed by atoms with Gasteiger partial charge in [-0.1, -0.05) is 28.1 Å². The van der Waals surface area contributed by atoms with Crippen LogP contribution < -0.4 is 0 Å². The minimum Gasteiger partial charge on any atom is -0.135 e. The van der Waals surface area contributed by atoms with E-state index in [4.69, 9.17) is 0 Å². The Bertz CT molecular complexity index is 601. The lowest BCUT2D eigenvalue weighted by molar-refractivity contribution is 1.75. The molecular weight excluding hydrogens is 383 g/mol. The summed E-state index contributed by atoms with van der Waals surface area (Å²) < 4.78 is 5.17. The highest BCUT2D eigenvalue weighted by atomic mass is 127. The molecule has 1 aromatic heterocycles. The fourth-order valence-corrected chi connectivity index (χ4v) is 4.12. The van der Waals surface area contributed by atoms with Crippen molar-refractivity contribution in [3.05, 3.63) is 44.4 Å². The van der Waals surface area contributed by atoms with Crippen molar-refractivity contribution in [1.29, 1.82) is 0 Å². The van der Waals surface area contributed by atoms with Gasteiger partial charge in [0, 0.05) is 28.2 Å². The van der Waals surface area contributed by atoms with Crippen molar-refractivity contribution in [2.75, 3.05) is 0 Å². The molecule has 3 heteroatoms. The van der Waals surface area contributed by atoms with Gasteiger partial charge in [0.05, 0.1) is 0 Å². The van der Waals surface area contributed by atoms with E-state index in [2.05, 4.69) is 74.9 Å². The molecule has 74 valence electrons. The first-order valence-electron chi connectivity index (χ1n) is 4.51. The van der Waals surface area contributed by atoms with Crippen LogP contribution in [-0.2, 0) is 0 Å². The van der Waals surface area contributed by atoms with Gasteiger partial charge in [0.1, 0.15) is 0 Å². The van der Waals surface area contributed by atoms with E-state index in [1.54, 1.807) is 0 Å². The van der Waals surface area contributed by atoms with Crippen molar-refractivity contribution < 1.29 is 0 Å². The summed E-state index contributed by atoms with van der Waals surface area (Å²) in [6.45, 7) is 0. The second kappa shape index (κ2) is 3.71. The average molecular weight is 389 g/mol. The molecule has 0 N–H and O–H groups in total. The van der Waals surface area contributed by atoms with Gasteiger partial charge in [-0.05, 0) is 46.9 Å². The van der Waals surface area contributed by atoms with Crippen LogP contribution in [0.2, 0.25) is 0 Å². The molecule has 0 unspecified atom stereocenters. The standard InChI is InChI=1S/C12H6BrIS/c13-7-1-3-9-10-4-2-8(14)6-12(10)15-11(9)5-7/h1-6H. The summed E-state index contributed by atoms with van der Waals surface area (Å²) in [5.74, 6) is 0. The number of benzene rings is 2. The minimum atomic E-state index is 1.15. The maximum absolute atomic E-state index is 3.51. The van der Waals surface area contributed by atoms with Gasteiger partial charge < -0.3 is 0 Å². The highest BCUT2D eigenvalue weighted by Crippen LogP contribution is 2.35. The largest absolute Gasteiger partial charge is 0.135 e. The zero-order valence-electron chi connectivity index (χ0n) is 7.63. The smallest absolute Gasteiger partial charge is 0.0366 e. The third kappa shape index (κ3) is 1.70. The Labute approximate surface area is 114 Å². The molecule has 0 radical (unpaired) electrons. The summed E-state index contributed by atoms with van der Waals surface area (Å²) in [5, 5.41) is 2.72. The third-order valence-electron chi connectivity index (χ3n) is 2.40. The SMILES string of the molecule is Brc1ccc2c(c1)sc1cc(I)ccc12. The molecule has 0 nitrogen and oxygen atoms in total. The summed E-state index contributed by atoms with van der Waals surface area (Å²) in [6.07, 6.45) is 0. The molecule has 0 fully saturated rings. The second-order valence-corrected chi connectivity index (χ2v) is 6.63. The molecule has 0 aliphatic rings. The predicted molar refractivity (Wildman–Crippen MR) is 79.7 cm³/mol. The van der Waals surface area contributed by atoms with Gasteiger partial charge in [0.25, 0.3) is 0 Å². The van der Waals surface area contributed by atoms with Crippen molar-refractivity contribution in [3.63, 3.8) is 0 Å². The maximum atomic E-state index is 3.51. The van der Waals surface area contributed by atoms with Gasteiger partial charge in [-0.3, -0.25) is 0 Å². The van der Waals surface area contributed by atoms with Crippen LogP contribution in [0.4, 0.5) is 0 Å². The Morgan fingerprint density at radius 3 is 2.40 bits per heavy atom. The van der Waals surface area contributed by atoms with E-state index < -0.39 is 0 Å². The average Bonchev–Trinajstić information content (AvgIpc) is 2.53. The number of hydrogen-bond donors (Lipinski definition) is 0. The molecule has 3 aromatic rings. The predicted octanol–water partition coefficient (Wildman–Crippen LogP) is 5.42. The summed E-state index contributed by atoms with van der Waals surface area (Å²) in [5.41, 5.74) is 0. The summed E-state index contributed by atoms with van der Waals surface area (Å²) in [4.78, 5) is 0. The van der Waals surface area contributed by atoms with E-state index in [0.717, 1.165) is 4.47 Å². The molecular formula is C12H6BrIS. The molecule has 0 saturated heterocycles. The second-order valence-electron chi connectivity index (χ2n) is 3.38. The molecule has 0 spiro atoms. The fraction of sp³-hybridized carbons (Fsp3) is 0. The first kappa shape index (κ1) is 10.1. The normalized spacial score (nSPS) is 11.3. The Hall–Kier alpha value is -0.130. The van der Waals surface area contributed by atoms with Crippen molar-refractivity contribution >= 4 is 70.0 Å². The third-order valence-corrected chi connectivity index (χ3v) is 4.68. The van der Waals surface area contributed by atoms with Crippen LogP contribution in [-0.4, -0.2) is 0 Å². The van der Waals surface area contributed by atoms with E-state index in [1.165, 1.54) is 23.7 Å². The molecule has 3 rings (SSSR count). The fourth-order valence-electron chi connectivity index (χ4n) is 1.72. The molecule has 0 amide bonds. The van der Waals surface area contributed by atoms with Crippen molar-refractivity contribution in [1.82, 2.24) is 0 Å². The van der Waals surface area contributed by atoms with E-state index in [0.29, 0.717) is 0 Å². The van der Waals surface area contributed by atoms with Gasteiger partial charge >= 0.3 is 0 Å². The zero-order chi connectivity index (χ0) is 10.4. The first-order valence-corrected chi connectivity index (χ1v) is 7.20. The van der Waals surface area contributed by atoms with Crippen LogP contribution >= 0.6 is 49.9 Å². The Balaban J connectivity index is 2.51. The van der Waals surface area contributed by atoms with Crippen LogP contribution in [0.1, 0.15) is 0 Å². The van der Waals surface area contributed by atoms with Gasteiger partial charge in [-0.15, -0.1) is 11.3 Å². The number of halogens is 2. The quantitative estimate of drug-likeness (QED) is 0.451. The Kier molecular flexibility index (Phi) is 2.49. The van der Waals surface area contributed by atoms with Crippen molar-refractivity contribution in [3.8, 4) is 0 Å². The maximum Gasteiger partial charge on any atom is 0.0366 e. The van der Waals surface area contributed by atoms with E-state index in [-0.39, 0.29) is 0 Å². The Morgan fingerprint density at radius 1 is 0.933 bits per heavy atom. The van der Waals surface area contributed by atoms with Gasteiger partial charge in [-0.2, -0.15) is 0 Å². The first-order chi connectivity index (χ1) is 7.24. The number of rotatable bonds is 0. The molecule has 15 heavy (non-hydrogen) atoms. The van der Waals surface area contributed by atoms with Crippen LogP contribution in [0.25, 0.3) is 20.2 Å². The molecule has 0 saturated carbocycles. The Morgan fingerprint density at radius 2 is 1.60 bits per heavy atom. The lowest BCUT2D eigenvalue weighted by Crippen LogP contribution is -1.69. The topological polar surface area (TPSA) is 0 Å². The lowest BCUT2D eigenvalue weighted by atomic mass is 10.2. The van der Waals surface area contributed by atoms with Crippen LogP contribution in [0, 0.1) is 3.57 Å². The van der Waals surface area contributed by atoms with Crippen LogP contribution in [0.5, 0.6) is 0 Å². The lowest BCUT2D eigenvalue weighted by Gasteiger charge is -1.92. The van der Waals surface area contributed by atoms with Gasteiger partial charge in [0.15, 0.2) is 0 Å². The molecule has 0 aliphatic carbocycles.